The number of thioether (sulfide) groups is 1. The number of nitrogens with zero attached hydrogens (tertiary/aromatic N) is 5. The summed E-state index contributed by atoms with van der Waals surface area (Å²) in [6.07, 6.45) is 2.16. The van der Waals surface area contributed by atoms with Gasteiger partial charge in [0.1, 0.15) is 17.3 Å². The van der Waals surface area contributed by atoms with Crippen LogP contribution in [0.2, 0.25) is 0 Å². The summed E-state index contributed by atoms with van der Waals surface area (Å²) >= 11 is 1.35. The van der Waals surface area contributed by atoms with E-state index in [9.17, 15) is 13.6 Å². The van der Waals surface area contributed by atoms with Crippen LogP contribution in [0.15, 0.2) is 29.6 Å². The van der Waals surface area contributed by atoms with Gasteiger partial charge in [0.05, 0.1) is 38.1 Å². The fourth-order valence-corrected chi connectivity index (χ4v) is 5.05. The van der Waals surface area contributed by atoms with Gasteiger partial charge < -0.3 is 14.4 Å². The van der Waals surface area contributed by atoms with E-state index in [-0.39, 0.29) is 22.7 Å². The van der Waals surface area contributed by atoms with E-state index >= 15 is 0 Å². The molecule has 9 nitrogen and oxygen atoms in total. The highest BCUT2D eigenvalue weighted by Gasteiger charge is 2.29. The second-order valence-electron chi connectivity index (χ2n) is 9.28. The Morgan fingerprint density at radius 1 is 1.24 bits per heavy atom. The van der Waals surface area contributed by atoms with E-state index in [4.69, 9.17) is 9.47 Å². The van der Waals surface area contributed by atoms with Crippen molar-refractivity contribution in [1.82, 2.24) is 20.3 Å². The molecule has 1 amide bonds. The number of carbonyl (C=O) groups is 1. The molecular formula is C26H28F2N6O3S. The highest BCUT2D eigenvalue weighted by atomic mass is 32.2. The third kappa shape index (κ3) is 5.68. The number of halogens is 2. The first-order valence-corrected chi connectivity index (χ1v) is 13.2. The topological polar surface area (TPSA) is 92.2 Å². The third-order valence-corrected chi connectivity index (χ3v) is 7.49. The molecule has 0 bridgehead atoms. The number of methoxy groups -OCH3 is 1. The molecule has 2 unspecified atom stereocenters. The van der Waals surface area contributed by atoms with Crippen LogP contribution in [0.3, 0.4) is 0 Å². The zero-order valence-corrected chi connectivity index (χ0v) is 22.1. The molecule has 38 heavy (non-hydrogen) atoms. The highest BCUT2D eigenvalue weighted by molar-refractivity contribution is 8.14. The van der Waals surface area contributed by atoms with Gasteiger partial charge in [0.25, 0.3) is 12.3 Å². The largest absolute Gasteiger partial charge is 0.494 e. The number of amides is 1. The lowest BCUT2D eigenvalue weighted by Crippen LogP contribution is -2.44. The molecule has 0 spiro atoms. The van der Waals surface area contributed by atoms with E-state index in [2.05, 4.69) is 37.1 Å². The van der Waals surface area contributed by atoms with E-state index in [1.165, 1.54) is 37.3 Å². The fraction of sp³-hybridized carbons (Fsp3) is 0.462. The molecular weight excluding hydrogens is 514 g/mol. The number of hydrogen-bond donors (Lipinski definition) is 1. The summed E-state index contributed by atoms with van der Waals surface area (Å²) in [5, 5.41) is 9.17. The number of pyridine rings is 2. The highest BCUT2D eigenvalue weighted by Crippen LogP contribution is 2.37. The standard InChI is InChI=1S/C26H28F2N6O3S/c1-15-14-37-9-8-34(15)22-11-17(18-10-20(24(27)28)29-13-21(18)36-3)19(12-30-22)25(35)31-26-32-33(2)23(38-26)7-6-16-4-5-16/h10-13,15-16,23-24H,4-5,8-9,14H2,1-3H3,(H,31,32,35). The Morgan fingerprint density at radius 2 is 2.05 bits per heavy atom. The van der Waals surface area contributed by atoms with Gasteiger partial charge in [-0.2, -0.15) is 5.10 Å². The van der Waals surface area contributed by atoms with E-state index in [1.54, 1.807) is 18.1 Å². The second kappa shape index (κ2) is 11.1. The fourth-order valence-electron chi connectivity index (χ4n) is 4.18. The van der Waals surface area contributed by atoms with Crippen LogP contribution in [0.25, 0.3) is 11.1 Å². The van der Waals surface area contributed by atoms with Gasteiger partial charge in [-0.1, -0.05) is 11.8 Å². The van der Waals surface area contributed by atoms with Crippen molar-refractivity contribution < 1.29 is 23.0 Å². The Hall–Kier alpha value is -3.43. The monoisotopic (exact) mass is 542 g/mol. The van der Waals surface area contributed by atoms with Crippen LogP contribution < -0.4 is 15.0 Å². The van der Waals surface area contributed by atoms with Crippen LogP contribution in [0, 0.1) is 17.8 Å². The molecule has 1 N–H and O–H groups in total. The summed E-state index contributed by atoms with van der Waals surface area (Å²) in [5.74, 6) is 7.29. The van der Waals surface area contributed by atoms with Crippen molar-refractivity contribution in [2.75, 3.05) is 38.8 Å². The van der Waals surface area contributed by atoms with E-state index < -0.39 is 18.0 Å². The molecule has 4 heterocycles. The molecule has 3 aliphatic rings. The molecule has 200 valence electrons. The summed E-state index contributed by atoms with van der Waals surface area (Å²) in [4.78, 5) is 23.9. The van der Waals surface area contributed by atoms with E-state index in [0.29, 0.717) is 47.8 Å². The summed E-state index contributed by atoms with van der Waals surface area (Å²) < 4.78 is 38.2. The molecule has 2 atom stereocenters. The number of hydrazone groups is 1. The number of nitrogens with one attached hydrogen (secondary N) is 1. The molecule has 0 aromatic carbocycles. The molecule has 12 heteroatoms. The average Bonchev–Trinajstić information content (AvgIpc) is 3.68. The number of amidine groups is 1. The summed E-state index contributed by atoms with van der Waals surface area (Å²) in [6, 6.07) is 3.03. The van der Waals surface area contributed by atoms with Crippen molar-refractivity contribution >= 4 is 28.7 Å². The zero-order valence-electron chi connectivity index (χ0n) is 21.3. The van der Waals surface area contributed by atoms with Gasteiger partial charge in [0, 0.05) is 36.8 Å². The summed E-state index contributed by atoms with van der Waals surface area (Å²) in [6.45, 7) is 3.69. The van der Waals surface area contributed by atoms with E-state index in [0.717, 1.165) is 12.8 Å². The molecule has 2 fully saturated rings. The maximum Gasteiger partial charge on any atom is 0.280 e. The van der Waals surface area contributed by atoms with Crippen LogP contribution in [-0.4, -0.2) is 71.4 Å². The molecule has 2 aromatic heterocycles. The number of ether oxygens (including phenoxy) is 2. The summed E-state index contributed by atoms with van der Waals surface area (Å²) in [7, 11) is 3.23. The molecule has 1 saturated carbocycles. The molecule has 2 aromatic rings. The normalized spacial score (nSPS) is 21.2. The van der Waals surface area contributed by atoms with Crippen LogP contribution in [0.5, 0.6) is 5.75 Å². The molecule has 2 aliphatic heterocycles. The zero-order chi connectivity index (χ0) is 26.8. The van der Waals surface area contributed by atoms with Gasteiger partial charge in [-0.3, -0.25) is 20.1 Å². The van der Waals surface area contributed by atoms with Crippen molar-refractivity contribution in [3.8, 4) is 28.7 Å². The second-order valence-corrected chi connectivity index (χ2v) is 10.4. The quantitative estimate of drug-likeness (QED) is 0.572. The van der Waals surface area contributed by atoms with Crippen LogP contribution in [0.1, 0.15) is 42.2 Å². The minimum absolute atomic E-state index is 0.0493. The number of carbonyl (C=O) groups excluding carboxylic acids is 1. The van der Waals surface area contributed by atoms with Gasteiger partial charge in [-0.05, 0) is 43.7 Å². The van der Waals surface area contributed by atoms with Crippen molar-refractivity contribution in [3.05, 3.63) is 35.8 Å². The number of aromatic nitrogens is 2. The lowest BCUT2D eigenvalue weighted by molar-refractivity contribution is 0.0974. The number of rotatable bonds is 5. The Labute approximate surface area is 224 Å². The minimum atomic E-state index is -2.79. The number of hydrogen-bond acceptors (Lipinski definition) is 9. The Morgan fingerprint density at radius 3 is 2.76 bits per heavy atom. The van der Waals surface area contributed by atoms with E-state index in [1.807, 2.05) is 6.92 Å². The Balaban J connectivity index is 1.49. The first-order chi connectivity index (χ1) is 18.3. The van der Waals surface area contributed by atoms with Gasteiger partial charge in [0.2, 0.25) is 0 Å². The maximum atomic E-state index is 13.6. The Bertz CT molecular complexity index is 1310. The first-order valence-electron chi connectivity index (χ1n) is 12.3. The molecule has 1 aliphatic carbocycles. The number of alkyl halides is 2. The van der Waals surface area contributed by atoms with Crippen molar-refractivity contribution in [3.63, 3.8) is 0 Å². The third-order valence-electron chi connectivity index (χ3n) is 6.44. The van der Waals surface area contributed by atoms with Crippen LogP contribution >= 0.6 is 11.8 Å². The van der Waals surface area contributed by atoms with Gasteiger partial charge >= 0.3 is 0 Å². The smallest absolute Gasteiger partial charge is 0.280 e. The lowest BCUT2D eigenvalue weighted by Gasteiger charge is -2.34. The maximum absolute atomic E-state index is 13.6. The SMILES string of the molecule is COc1cnc(C(F)F)cc1-c1cc(N2CCOCC2C)ncc1C(=O)NC1=NN(C)C(C#CC2CC2)S1. The van der Waals surface area contributed by atoms with Crippen LogP contribution in [-0.2, 0) is 4.74 Å². The summed E-state index contributed by atoms with van der Waals surface area (Å²) in [5.41, 5.74) is 0.491. The molecule has 0 radical (unpaired) electrons. The number of anilines is 1. The van der Waals surface area contributed by atoms with Crippen LogP contribution in [0.4, 0.5) is 14.6 Å². The lowest BCUT2D eigenvalue weighted by atomic mass is 9.99. The van der Waals surface area contributed by atoms with Crippen molar-refractivity contribution in [1.29, 1.82) is 0 Å². The molecule has 1 saturated heterocycles. The number of morpholine rings is 1. The van der Waals surface area contributed by atoms with Gasteiger partial charge in [0.15, 0.2) is 10.5 Å². The predicted octanol–water partition coefficient (Wildman–Crippen LogP) is 3.73. The van der Waals surface area contributed by atoms with Crippen molar-refractivity contribution in [2.24, 2.45) is 11.0 Å². The minimum Gasteiger partial charge on any atom is -0.494 e. The van der Waals surface area contributed by atoms with Gasteiger partial charge in [-0.15, -0.1) is 0 Å². The first kappa shape index (κ1) is 26.2. The molecule has 5 rings (SSSR count). The van der Waals surface area contributed by atoms with Crippen molar-refractivity contribution in [2.45, 2.75) is 37.6 Å². The predicted molar refractivity (Wildman–Crippen MR) is 141 cm³/mol. The van der Waals surface area contributed by atoms with Gasteiger partial charge in [-0.25, -0.2) is 13.8 Å². The average molecular weight is 543 g/mol. The Kier molecular flexibility index (Phi) is 7.67.